The molecule has 0 bridgehead atoms. The van der Waals surface area contributed by atoms with Gasteiger partial charge in [0.2, 0.25) is 0 Å². The normalized spacial score (nSPS) is 12.2. The van der Waals surface area contributed by atoms with Crippen molar-refractivity contribution in [3.63, 3.8) is 0 Å². The summed E-state index contributed by atoms with van der Waals surface area (Å²) < 4.78 is 63.0. The molecular weight excluding hydrogens is 347 g/mol. The van der Waals surface area contributed by atoms with Gasteiger partial charge in [-0.15, -0.1) is 4.83 Å². The van der Waals surface area contributed by atoms with Crippen LogP contribution in [0.3, 0.4) is 0 Å². The van der Waals surface area contributed by atoms with Crippen molar-refractivity contribution < 1.29 is 30.1 Å². The van der Waals surface area contributed by atoms with Crippen molar-refractivity contribution in [2.24, 2.45) is 0 Å². The molecule has 0 aliphatic rings. The number of halogens is 2. The molecule has 108 valence electrons. The fourth-order valence-corrected chi connectivity index (χ4v) is 2.04. The SMILES string of the molecule is O=S(=O)(O)NNc1cc(OS(=O)(=O)O)c(Cl)cc1Cl. The molecule has 0 aliphatic carbocycles. The Morgan fingerprint density at radius 2 is 1.63 bits per heavy atom. The minimum Gasteiger partial charge on any atom is -0.360 e. The maximum atomic E-state index is 10.5. The van der Waals surface area contributed by atoms with Crippen LogP contribution in [0.15, 0.2) is 12.1 Å². The number of hydrazine groups is 1. The van der Waals surface area contributed by atoms with Gasteiger partial charge in [0, 0.05) is 6.07 Å². The molecule has 0 atom stereocenters. The van der Waals surface area contributed by atoms with Crippen LogP contribution >= 0.6 is 23.2 Å². The average molecular weight is 353 g/mol. The summed E-state index contributed by atoms with van der Waals surface area (Å²) >= 11 is 11.3. The molecule has 4 N–H and O–H groups in total. The Balaban J connectivity index is 3.09. The number of rotatable bonds is 5. The summed E-state index contributed by atoms with van der Waals surface area (Å²) in [5.74, 6) is -0.506. The molecule has 0 spiro atoms. The van der Waals surface area contributed by atoms with Crippen LogP contribution in [-0.4, -0.2) is 25.9 Å². The molecule has 1 aromatic rings. The predicted octanol–water partition coefficient (Wildman–Crippen LogP) is 0.894. The van der Waals surface area contributed by atoms with Gasteiger partial charge in [-0.25, -0.2) is 0 Å². The van der Waals surface area contributed by atoms with Crippen LogP contribution in [0, 0.1) is 0 Å². The molecule has 0 aromatic heterocycles. The largest absolute Gasteiger partial charge is 0.446 e. The van der Waals surface area contributed by atoms with Gasteiger partial charge in [-0.3, -0.25) is 9.11 Å². The van der Waals surface area contributed by atoms with E-state index in [4.69, 9.17) is 32.3 Å². The molecule has 13 heteroatoms. The maximum Gasteiger partial charge on any atom is 0.446 e. The van der Waals surface area contributed by atoms with Crippen molar-refractivity contribution in [1.29, 1.82) is 0 Å². The lowest BCUT2D eigenvalue weighted by Gasteiger charge is -2.10. The Morgan fingerprint density at radius 1 is 1.05 bits per heavy atom. The Labute approximate surface area is 118 Å². The lowest BCUT2D eigenvalue weighted by atomic mass is 10.3. The molecule has 0 saturated heterocycles. The third-order valence-electron chi connectivity index (χ3n) is 1.53. The Kier molecular flexibility index (Phi) is 4.84. The van der Waals surface area contributed by atoms with E-state index in [2.05, 4.69) is 4.18 Å². The first-order valence-corrected chi connectivity index (χ1v) is 7.70. The maximum absolute atomic E-state index is 10.5. The molecule has 0 amide bonds. The van der Waals surface area contributed by atoms with E-state index < -0.39 is 26.5 Å². The van der Waals surface area contributed by atoms with Crippen LogP contribution in [0.2, 0.25) is 10.0 Å². The molecule has 1 rings (SSSR count). The zero-order valence-corrected chi connectivity index (χ0v) is 11.8. The number of hydrogen-bond donors (Lipinski definition) is 4. The van der Waals surface area contributed by atoms with E-state index >= 15 is 0 Å². The van der Waals surface area contributed by atoms with Crippen LogP contribution in [0.5, 0.6) is 5.75 Å². The lowest BCUT2D eigenvalue weighted by molar-refractivity contribution is 0.387. The fourth-order valence-electron chi connectivity index (χ4n) is 0.922. The zero-order chi connectivity index (χ0) is 14.8. The predicted molar refractivity (Wildman–Crippen MR) is 66.9 cm³/mol. The topological polar surface area (TPSA) is 142 Å². The molecule has 0 radical (unpaired) electrons. The molecule has 19 heavy (non-hydrogen) atoms. The van der Waals surface area contributed by atoms with Gasteiger partial charge in [-0.05, 0) is 6.07 Å². The van der Waals surface area contributed by atoms with Crippen molar-refractivity contribution in [3.05, 3.63) is 22.2 Å². The highest BCUT2D eigenvalue weighted by Crippen LogP contribution is 2.34. The van der Waals surface area contributed by atoms with E-state index in [1.165, 1.54) is 4.83 Å². The van der Waals surface area contributed by atoms with Crippen molar-refractivity contribution in [1.82, 2.24) is 4.83 Å². The summed E-state index contributed by atoms with van der Waals surface area (Å²) in [6, 6.07) is 1.91. The van der Waals surface area contributed by atoms with Gasteiger partial charge < -0.3 is 9.61 Å². The first-order chi connectivity index (χ1) is 8.48. The van der Waals surface area contributed by atoms with Gasteiger partial charge in [0.05, 0.1) is 15.7 Å². The van der Waals surface area contributed by atoms with Gasteiger partial charge in [0.1, 0.15) is 0 Å². The highest BCUT2D eigenvalue weighted by atomic mass is 35.5. The standard InChI is InChI=1S/C6H6Cl2N2O7S2/c7-3-1-4(8)6(17-19(14,15)16)2-5(3)9-10-18(11,12)13/h1-2,9-10H,(H,11,12,13)(H,14,15,16). The van der Waals surface area contributed by atoms with Crippen LogP contribution in [0.25, 0.3) is 0 Å². The van der Waals surface area contributed by atoms with Gasteiger partial charge in [-0.1, -0.05) is 23.2 Å². The minimum atomic E-state index is -4.82. The fraction of sp³-hybridized carbons (Fsp3) is 0. The van der Waals surface area contributed by atoms with Gasteiger partial charge in [0.15, 0.2) is 5.75 Å². The van der Waals surface area contributed by atoms with Crippen molar-refractivity contribution in [2.45, 2.75) is 0 Å². The van der Waals surface area contributed by atoms with Gasteiger partial charge >= 0.3 is 20.7 Å². The van der Waals surface area contributed by atoms with E-state index in [0.29, 0.717) is 0 Å². The summed E-state index contributed by atoms with van der Waals surface area (Å²) in [4.78, 5) is 1.47. The molecule has 0 unspecified atom stereocenters. The van der Waals surface area contributed by atoms with E-state index in [0.717, 1.165) is 12.1 Å². The Morgan fingerprint density at radius 3 is 2.11 bits per heavy atom. The summed E-state index contributed by atoms with van der Waals surface area (Å²) in [6.45, 7) is 0. The Hall–Kier alpha value is -0.820. The van der Waals surface area contributed by atoms with Crippen LogP contribution in [0.4, 0.5) is 5.69 Å². The molecule has 0 heterocycles. The third kappa shape index (κ3) is 5.78. The molecule has 0 fully saturated rings. The van der Waals surface area contributed by atoms with Crippen LogP contribution in [0.1, 0.15) is 0 Å². The van der Waals surface area contributed by atoms with E-state index in [9.17, 15) is 16.8 Å². The summed E-state index contributed by atoms with van der Waals surface area (Å²) in [5, 5.41) is -0.358. The van der Waals surface area contributed by atoms with Crippen molar-refractivity contribution in [3.8, 4) is 5.75 Å². The first-order valence-electron chi connectivity index (χ1n) is 4.14. The monoisotopic (exact) mass is 352 g/mol. The molecule has 1 aromatic carbocycles. The second-order valence-electron chi connectivity index (χ2n) is 2.98. The highest BCUT2D eigenvalue weighted by molar-refractivity contribution is 7.83. The lowest BCUT2D eigenvalue weighted by Crippen LogP contribution is -2.28. The quantitative estimate of drug-likeness (QED) is 0.452. The summed E-state index contributed by atoms with van der Waals surface area (Å²) in [7, 11) is -9.37. The van der Waals surface area contributed by atoms with E-state index in [-0.39, 0.29) is 15.7 Å². The smallest absolute Gasteiger partial charge is 0.360 e. The Bertz CT molecular complexity index is 688. The number of hydrogen-bond acceptors (Lipinski definition) is 6. The van der Waals surface area contributed by atoms with Gasteiger partial charge in [-0.2, -0.15) is 16.8 Å². The van der Waals surface area contributed by atoms with Crippen LogP contribution < -0.4 is 14.4 Å². The second-order valence-corrected chi connectivity index (χ2v) is 5.97. The third-order valence-corrected chi connectivity index (χ3v) is 2.89. The van der Waals surface area contributed by atoms with E-state index in [1.54, 1.807) is 0 Å². The van der Waals surface area contributed by atoms with Crippen molar-refractivity contribution >= 4 is 49.6 Å². The molecule has 0 aliphatic heterocycles. The number of benzene rings is 1. The highest BCUT2D eigenvalue weighted by Gasteiger charge is 2.15. The summed E-state index contributed by atoms with van der Waals surface area (Å²) in [6.07, 6.45) is 0. The summed E-state index contributed by atoms with van der Waals surface area (Å²) in [5.41, 5.74) is 1.79. The van der Waals surface area contributed by atoms with Gasteiger partial charge in [0.25, 0.3) is 0 Å². The first kappa shape index (κ1) is 16.2. The molecular formula is C6H6Cl2N2O7S2. The second kappa shape index (κ2) is 5.66. The number of anilines is 1. The zero-order valence-electron chi connectivity index (χ0n) is 8.66. The number of nitrogens with one attached hydrogen (secondary N) is 2. The molecule has 9 nitrogen and oxygen atoms in total. The van der Waals surface area contributed by atoms with Crippen molar-refractivity contribution in [2.75, 3.05) is 5.43 Å². The minimum absolute atomic E-state index is 0.108. The molecule has 0 saturated carbocycles. The average Bonchev–Trinajstić information content (AvgIpc) is 2.17. The van der Waals surface area contributed by atoms with Crippen LogP contribution in [-0.2, 0) is 20.7 Å². The van der Waals surface area contributed by atoms with E-state index in [1.807, 2.05) is 5.43 Å².